The van der Waals surface area contributed by atoms with Crippen molar-refractivity contribution in [2.75, 3.05) is 19.4 Å². The highest BCUT2D eigenvalue weighted by Gasteiger charge is 2.29. The molecule has 1 aliphatic carbocycles. The lowest BCUT2D eigenvalue weighted by atomic mass is 9.82. The maximum atomic E-state index is 13.4. The van der Waals surface area contributed by atoms with Crippen LogP contribution in [0.25, 0.3) is 0 Å². The van der Waals surface area contributed by atoms with Gasteiger partial charge in [-0.1, -0.05) is 12.1 Å². The summed E-state index contributed by atoms with van der Waals surface area (Å²) in [7, 11) is -3.22. The SMILES string of the molecule is CS(=O)(=O)N[C@H]1CCCN[C@H]1CO[C@H]1CC[C@@H](c2cccc(F)c2)CC1. The summed E-state index contributed by atoms with van der Waals surface area (Å²) in [6, 6.07) is 6.80. The Kier molecular flexibility index (Phi) is 6.66. The predicted octanol–water partition coefficient (Wildman–Crippen LogP) is 2.54. The van der Waals surface area contributed by atoms with Gasteiger partial charge in [0, 0.05) is 12.1 Å². The maximum Gasteiger partial charge on any atom is 0.209 e. The zero-order valence-electron chi connectivity index (χ0n) is 15.3. The second-order valence-electron chi connectivity index (χ2n) is 7.56. The molecule has 0 bridgehead atoms. The van der Waals surface area contributed by atoms with E-state index in [1.54, 1.807) is 12.1 Å². The number of hydrogen-bond acceptors (Lipinski definition) is 4. The summed E-state index contributed by atoms with van der Waals surface area (Å²) in [5.74, 6) is 0.228. The highest BCUT2D eigenvalue weighted by molar-refractivity contribution is 7.88. The Bertz CT molecular complexity index is 690. The summed E-state index contributed by atoms with van der Waals surface area (Å²) in [6.45, 7) is 1.41. The Balaban J connectivity index is 1.47. The molecule has 0 amide bonds. The van der Waals surface area contributed by atoms with E-state index >= 15 is 0 Å². The number of sulfonamides is 1. The van der Waals surface area contributed by atoms with Crippen LogP contribution < -0.4 is 10.0 Å². The lowest BCUT2D eigenvalue weighted by Crippen LogP contribution is -2.55. The van der Waals surface area contributed by atoms with Crippen molar-refractivity contribution in [1.82, 2.24) is 10.0 Å². The lowest BCUT2D eigenvalue weighted by Gasteiger charge is -2.35. The molecule has 7 heteroatoms. The van der Waals surface area contributed by atoms with Crippen LogP contribution in [0.5, 0.6) is 0 Å². The molecule has 0 radical (unpaired) electrons. The smallest absolute Gasteiger partial charge is 0.209 e. The van der Waals surface area contributed by atoms with Crippen LogP contribution in [-0.4, -0.2) is 46.0 Å². The van der Waals surface area contributed by atoms with Crippen LogP contribution >= 0.6 is 0 Å². The van der Waals surface area contributed by atoms with Gasteiger partial charge in [0.05, 0.1) is 19.0 Å². The van der Waals surface area contributed by atoms with Gasteiger partial charge in [-0.3, -0.25) is 0 Å². The molecule has 1 aromatic rings. The van der Waals surface area contributed by atoms with Gasteiger partial charge in [-0.15, -0.1) is 0 Å². The van der Waals surface area contributed by atoms with Crippen LogP contribution in [-0.2, 0) is 14.8 Å². The van der Waals surface area contributed by atoms with E-state index < -0.39 is 10.0 Å². The summed E-state index contributed by atoms with van der Waals surface area (Å²) in [6.07, 6.45) is 7.10. The minimum absolute atomic E-state index is 0.0133. The van der Waals surface area contributed by atoms with Crippen molar-refractivity contribution in [3.63, 3.8) is 0 Å². The van der Waals surface area contributed by atoms with Gasteiger partial charge < -0.3 is 10.1 Å². The lowest BCUT2D eigenvalue weighted by molar-refractivity contribution is 0.00523. The van der Waals surface area contributed by atoms with Crippen molar-refractivity contribution in [1.29, 1.82) is 0 Å². The monoisotopic (exact) mass is 384 g/mol. The highest BCUT2D eigenvalue weighted by atomic mass is 32.2. The largest absolute Gasteiger partial charge is 0.377 e. The first-order chi connectivity index (χ1) is 12.4. The van der Waals surface area contributed by atoms with E-state index in [9.17, 15) is 12.8 Å². The molecular formula is C19H29FN2O3S. The van der Waals surface area contributed by atoms with Gasteiger partial charge in [-0.25, -0.2) is 17.5 Å². The fourth-order valence-electron chi connectivity index (χ4n) is 4.11. The Hall–Kier alpha value is -1.02. The van der Waals surface area contributed by atoms with E-state index in [-0.39, 0.29) is 24.0 Å². The molecule has 146 valence electrons. The number of rotatable bonds is 6. The minimum Gasteiger partial charge on any atom is -0.377 e. The molecule has 26 heavy (non-hydrogen) atoms. The number of nitrogens with one attached hydrogen (secondary N) is 2. The molecule has 0 unspecified atom stereocenters. The molecule has 2 N–H and O–H groups in total. The van der Waals surface area contributed by atoms with Crippen molar-refractivity contribution < 1.29 is 17.5 Å². The standard InChI is InChI=1S/C19H29FN2O3S/c1-26(23,24)22-18-6-3-11-21-19(18)13-25-17-9-7-14(8-10-17)15-4-2-5-16(20)12-15/h2,4-5,12,14,17-19,21-22H,3,6-11,13H2,1H3/t14-,17+,18-,19-/m0/s1. The molecule has 1 saturated carbocycles. The zero-order chi connectivity index (χ0) is 18.6. The summed E-state index contributed by atoms with van der Waals surface area (Å²) >= 11 is 0. The van der Waals surface area contributed by atoms with E-state index in [1.165, 1.54) is 12.3 Å². The molecule has 3 rings (SSSR count). The van der Waals surface area contributed by atoms with Gasteiger partial charge in [0.25, 0.3) is 0 Å². The van der Waals surface area contributed by atoms with Crippen LogP contribution in [0, 0.1) is 5.82 Å². The van der Waals surface area contributed by atoms with E-state index in [2.05, 4.69) is 10.0 Å². The Morgan fingerprint density at radius 2 is 2.00 bits per heavy atom. The summed E-state index contributed by atoms with van der Waals surface area (Å²) in [5.41, 5.74) is 1.08. The molecule has 1 saturated heterocycles. The topological polar surface area (TPSA) is 67.4 Å². The van der Waals surface area contributed by atoms with Gasteiger partial charge in [0.2, 0.25) is 10.0 Å². The van der Waals surface area contributed by atoms with Crippen LogP contribution in [0.4, 0.5) is 4.39 Å². The third-order valence-electron chi connectivity index (χ3n) is 5.46. The van der Waals surface area contributed by atoms with E-state index in [0.717, 1.165) is 50.6 Å². The fourth-order valence-corrected chi connectivity index (χ4v) is 4.94. The Morgan fingerprint density at radius 3 is 2.69 bits per heavy atom. The number of halogens is 1. The Labute approximate surface area is 155 Å². The molecule has 0 aromatic heterocycles. The first-order valence-corrected chi connectivity index (χ1v) is 11.4. The highest BCUT2D eigenvalue weighted by Crippen LogP contribution is 2.34. The first-order valence-electron chi connectivity index (χ1n) is 9.48. The molecule has 2 fully saturated rings. The summed E-state index contributed by atoms with van der Waals surface area (Å²) < 4.78 is 45.3. The van der Waals surface area contributed by atoms with E-state index in [0.29, 0.717) is 12.5 Å². The zero-order valence-corrected chi connectivity index (χ0v) is 16.1. The number of hydrogen-bond donors (Lipinski definition) is 2. The quantitative estimate of drug-likeness (QED) is 0.791. The van der Waals surface area contributed by atoms with Crippen molar-refractivity contribution in [3.8, 4) is 0 Å². The molecule has 1 heterocycles. The van der Waals surface area contributed by atoms with Gasteiger partial charge in [-0.2, -0.15) is 0 Å². The summed E-state index contributed by atoms with van der Waals surface area (Å²) in [5, 5.41) is 3.38. The van der Waals surface area contributed by atoms with Gasteiger partial charge in [0.1, 0.15) is 5.82 Å². The third-order valence-corrected chi connectivity index (χ3v) is 6.19. The van der Waals surface area contributed by atoms with Gasteiger partial charge in [0.15, 0.2) is 0 Å². The normalized spacial score (nSPS) is 30.2. The number of ether oxygens (including phenoxy) is 1. The third kappa shape index (κ3) is 5.74. The summed E-state index contributed by atoms with van der Waals surface area (Å²) in [4.78, 5) is 0. The molecular weight excluding hydrogens is 355 g/mol. The average molecular weight is 385 g/mol. The van der Waals surface area contributed by atoms with Crippen molar-refractivity contribution in [3.05, 3.63) is 35.6 Å². The van der Waals surface area contributed by atoms with Crippen LogP contribution in [0.15, 0.2) is 24.3 Å². The van der Waals surface area contributed by atoms with Crippen molar-refractivity contribution >= 4 is 10.0 Å². The molecule has 1 aromatic carbocycles. The Morgan fingerprint density at radius 1 is 1.23 bits per heavy atom. The molecule has 2 aliphatic rings. The molecule has 5 nitrogen and oxygen atoms in total. The first kappa shape index (κ1) is 19.7. The molecule has 2 atom stereocenters. The second-order valence-corrected chi connectivity index (χ2v) is 9.34. The molecule has 1 aliphatic heterocycles. The van der Waals surface area contributed by atoms with Crippen molar-refractivity contribution in [2.24, 2.45) is 0 Å². The second kappa shape index (κ2) is 8.78. The van der Waals surface area contributed by atoms with Gasteiger partial charge >= 0.3 is 0 Å². The molecule has 0 spiro atoms. The van der Waals surface area contributed by atoms with Gasteiger partial charge in [-0.05, 0) is 68.7 Å². The minimum atomic E-state index is -3.22. The van der Waals surface area contributed by atoms with Crippen LogP contribution in [0.3, 0.4) is 0 Å². The number of benzene rings is 1. The predicted molar refractivity (Wildman–Crippen MR) is 100 cm³/mol. The van der Waals surface area contributed by atoms with Crippen molar-refractivity contribution in [2.45, 2.75) is 62.6 Å². The van der Waals surface area contributed by atoms with E-state index in [4.69, 9.17) is 4.74 Å². The van der Waals surface area contributed by atoms with E-state index in [1.807, 2.05) is 6.07 Å². The fraction of sp³-hybridized carbons (Fsp3) is 0.684. The average Bonchev–Trinajstić information content (AvgIpc) is 2.60. The van der Waals surface area contributed by atoms with Crippen LogP contribution in [0.1, 0.15) is 50.0 Å². The maximum absolute atomic E-state index is 13.4. The van der Waals surface area contributed by atoms with Crippen LogP contribution in [0.2, 0.25) is 0 Å². The number of piperidine rings is 1.